The van der Waals surface area contributed by atoms with Crippen LogP contribution in [0.25, 0.3) is 0 Å². The number of likely N-dealkylation sites (tertiary alicyclic amines) is 1. The molecule has 7 nitrogen and oxygen atoms in total. The molecule has 1 spiro atoms. The highest BCUT2D eigenvalue weighted by molar-refractivity contribution is 5.93. The average molecular weight is 370 g/mol. The first-order valence-corrected chi connectivity index (χ1v) is 9.69. The Hall–Kier alpha value is -2.28. The van der Waals surface area contributed by atoms with Gasteiger partial charge in [-0.1, -0.05) is 11.2 Å². The Balaban J connectivity index is 1.37. The lowest BCUT2D eigenvalue weighted by Crippen LogP contribution is -2.51. The Kier molecular flexibility index (Phi) is 4.95. The third kappa shape index (κ3) is 3.88. The maximum absolute atomic E-state index is 12.8. The SMILES string of the molecule is Cc1nc(CC2CCOC3(CCN(C(=O)c4ncccc4C)CC3)C2)no1. The van der Waals surface area contributed by atoms with Crippen LogP contribution in [-0.2, 0) is 11.2 Å². The van der Waals surface area contributed by atoms with Gasteiger partial charge in [-0.15, -0.1) is 0 Å². The molecule has 2 fully saturated rings. The number of pyridine rings is 1. The molecule has 144 valence electrons. The van der Waals surface area contributed by atoms with Crippen molar-refractivity contribution in [1.29, 1.82) is 0 Å². The third-order valence-corrected chi connectivity index (χ3v) is 5.81. The number of piperidine rings is 1. The molecule has 1 atom stereocenters. The number of rotatable bonds is 3. The Morgan fingerprint density at radius 1 is 1.33 bits per heavy atom. The first kappa shape index (κ1) is 18.1. The van der Waals surface area contributed by atoms with Crippen molar-refractivity contribution < 1.29 is 14.1 Å². The molecule has 2 aromatic heterocycles. The molecule has 4 rings (SSSR count). The van der Waals surface area contributed by atoms with Crippen LogP contribution in [0.4, 0.5) is 0 Å². The summed E-state index contributed by atoms with van der Waals surface area (Å²) < 4.78 is 11.3. The summed E-state index contributed by atoms with van der Waals surface area (Å²) in [7, 11) is 0. The van der Waals surface area contributed by atoms with Crippen molar-refractivity contribution in [2.24, 2.45) is 5.92 Å². The zero-order chi connectivity index (χ0) is 18.9. The van der Waals surface area contributed by atoms with Crippen molar-refractivity contribution in [3.05, 3.63) is 41.3 Å². The summed E-state index contributed by atoms with van der Waals surface area (Å²) in [4.78, 5) is 23.3. The lowest BCUT2D eigenvalue weighted by atomic mass is 9.78. The van der Waals surface area contributed by atoms with E-state index in [4.69, 9.17) is 9.26 Å². The normalized spacial score (nSPS) is 22.1. The molecule has 0 bridgehead atoms. The first-order chi connectivity index (χ1) is 13.0. The number of nitrogens with zero attached hydrogens (tertiary/aromatic N) is 4. The van der Waals surface area contributed by atoms with Gasteiger partial charge in [-0.05, 0) is 50.2 Å². The zero-order valence-corrected chi connectivity index (χ0v) is 16.0. The van der Waals surface area contributed by atoms with Gasteiger partial charge in [0.05, 0.1) is 5.60 Å². The number of amides is 1. The van der Waals surface area contributed by atoms with Crippen LogP contribution in [-0.4, -0.2) is 51.2 Å². The summed E-state index contributed by atoms with van der Waals surface area (Å²) >= 11 is 0. The highest BCUT2D eigenvalue weighted by Crippen LogP contribution is 2.38. The van der Waals surface area contributed by atoms with Crippen LogP contribution in [0.15, 0.2) is 22.9 Å². The fraction of sp³-hybridized carbons (Fsp3) is 0.600. The number of carbonyl (C=O) groups is 1. The molecule has 2 aliphatic heterocycles. The second kappa shape index (κ2) is 7.38. The fourth-order valence-corrected chi connectivity index (χ4v) is 4.31. The lowest BCUT2D eigenvalue weighted by molar-refractivity contribution is -0.123. The molecule has 7 heteroatoms. The van der Waals surface area contributed by atoms with Crippen molar-refractivity contribution in [1.82, 2.24) is 20.0 Å². The molecule has 0 radical (unpaired) electrons. The van der Waals surface area contributed by atoms with Crippen LogP contribution in [0.5, 0.6) is 0 Å². The molecular formula is C20H26N4O3. The summed E-state index contributed by atoms with van der Waals surface area (Å²) in [6.07, 6.45) is 6.26. The molecule has 1 unspecified atom stereocenters. The van der Waals surface area contributed by atoms with Gasteiger partial charge in [-0.3, -0.25) is 9.78 Å². The van der Waals surface area contributed by atoms with Crippen LogP contribution >= 0.6 is 0 Å². The van der Waals surface area contributed by atoms with Crippen molar-refractivity contribution in [2.45, 2.75) is 51.6 Å². The van der Waals surface area contributed by atoms with Gasteiger partial charge in [0.25, 0.3) is 5.91 Å². The highest BCUT2D eigenvalue weighted by Gasteiger charge is 2.41. The summed E-state index contributed by atoms with van der Waals surface area (Å²) in [5.41, 5.74) is 1.35. The maximum Gasteiger partial charge on any atom is 0.272 e. The van der Waals surface area contributed by atoms with E-state index in [1.165, 1.54) is 0 Å². The predicted octanol–water partition coefficient (Wildman–Crippen LogP) is 2.73. The fourth-order valence-electron chi connectivity index (χ4n) is 4.31. The summed E-state index contributed by atoms with van der Waals surface area (Å²) in [6.45, 7) is 5.93. The number of aryl methyl sites for hydroxylation is 2. The van der Waals surface area contributed by atoms with E-state index in [0.717, 1.165) is 50.1 Å². The van der Waals surface area contributed by atoms with E-state index in [2.05, 4.69) is 15.1 Å². The number of hydrogen-bond donors (Lipinski definition) is 0. The standard InChI is InChI=1S/C20H26N4O3/c1-14-4-3-8-21-18(14)19(25)24-9-6-20(7-10-24)13-16(5-11-26-20)12-17-22-15(2)27-23-17/h3-4,8,16H,5-7,9-13H2,1-2H3. The molecule has 1 amide bonds. The van der Waals surface area contributed by atoms with Crippen LogP contribution in [0, 0.1) is 19.8 Å². The second-order valence-electron chi connectivity index (χ2n) is 7.79. The third-order valence-electron chi connectivity index (χ3n) is 5.81. The quantitative estimate of drug-likeness (QED) is 0.826. The molecule has 2 saturated heterocycles. The summed E-state index contributed by atoms with van der Waals surface area (Å²) in [5, 5.41) is 4.03. The van der Waals surface area contributed by atoms with E-state index in [0.29, 0.717) is 30.6 Å². The minimum Gasteiger partial charge on any atom is -0.375 e. The average Bonchev–Trinajstić information content (AvgIpc) is 3.07. The molecule has 0 aliphatic carbocycles. The minimum atomic E-state index is -0.127. The van der Waals surface area contributed by atoms with Gasteiger partial charge >= 0.3 is 0 Å². The topological polar surface area (TPSA) is 81.4 Å². The molecule has 27 heavy (non-hydrogen) atoms. The van der Waals surface area contributed by atoms with E-state index in [1.54, 1.807) is 6.20 Å². The maximum atomic E-state index is 12.8. The number of carbonyl (C=O) groups excluding carboxylic acids is 1. The predicted molar refractivity (Wildman–Crippen MR) is 98.3 cm³/mol. The largest absolute Gasteiger partial charge is 0.375 e. The monoisotopic (exact) mass is 370 g/mol. The lowest BCUT2D eigenvalue weighted by Gasteiger charge is -2.46. The first-order valence-electron chi connectivity index (χ1n) is 9.69. The van der Waals surface area contributed by atoms with Gasteiger partial charge in [0.2, 0.25) is 5.89 Å². The molecule has 0 N–H and O–H groups in total. The zero-order valence-electron chi connectivity index (χ0n) is 16.0. The summed E-state index contributed by atoms with van der Waals surface area (Å²) in [5.74, 6) is 1.92. The summed E-state index contributed by atoms with van der Waals surface area (Å²) in [6, 6.07) is 3.79. The van der Waals surface area contributed by atoms with Crippen molar-refractivity contribution in [2.75, 3.05) is 19.7 Å². The Morgan fingerprint density at radius 3 is 2.85 bits per heavy atom. The molecule has 0 aromatic carbocycles. The van der Waals surface area contributed by atoms with Gasteiger partial charge in [-0.2, -0.15) is 4.98 Å². The smallest absolute Gasteiger partial charge is 0.272 e. The van der Waals surface area contributed by atoms with E-state index >= 15 is 0 Å². The van der Waals surface area contributed by atoms with E-state index in [9.17, 15) is 4.79 Å². The van der Waals surface area contributed by atoms with Crippen LogP contribution in [0.1, 0.15) is 53.5 Å². The minimum absolute atomic E-state index is 0.0255. The second-order valence-corrected chi connectivity index (χ2v) is 7.79. The number of aromatic nitrogens is 3. The van der Waals surface area contributed by atoms with Gasteiger partial charge < -0.3 is 14.2 Å². The highest BCUT2D eigenvalue weighted by atomic mass is 16.5. The molecular weight excluding hydrogens is 344 g/mol. The van der Waals surface area contributed by atoms with Crippen LogP contribution in [0.3, 0.4) is 0 Å². The van der Waals surface area contributed by atoms with Crippen molar-refractivity contribution in [3.63, 3.8) is 0 Å². The molecule has 4 heterocycles. The van der Waals surface area contributed by atoms with Crippen molar-refractivity contribution in [3.8, 4) is 0 Å². The van der Waals surface area contributed by atoms with Gasteiger partial charge in [0.1, 0.15) is 5.69 Å². The van der Waals surface area contributed by atoms with Gasteiger partial charge in [0, 0.05) is 39.2 Å². The Labute approximate surface area is 159 Å². The number of ether oxygens (including phenoxy) is 1. The van der Waals surface area contributed by atoms with Crippen LogP contribution < -0.4 is 0 Å². The Morgan fingerprint density at radius 2 is 2.15 bits per heavy atom. The van der Waals surface area contributed by atoms with E-state index in [1.807, 2.05) is 30.9 Å². The Bertz CT molecular complexity index is 811. The van der Waals surface area contributed by atoms with E-state index in [-0.39, 0.29) is 11.5 Å². The molecule has 2 aromatic rings. The molecule has 0 saturated carbocycles. The van der Waals surface area contributed by atoms with Crippen molar-refractivity contribution >= 4 is 5.91 Å². The molecule has 2 aliphatic rings. The van der Waals surface area contributed by atoms with Gasteiger partial charge in [0.15, 0.2) is 5.82 Å². The van der Waals surface area contributed by atoms with Crippen LogP contribution in [0.2, 0.25) is 0 Å². The van der Waals surface area contributed by atoms with E-state index < -0.39 is 0 Å². The number of hydrogen-bond acceptors (Lipinski definition) is 6. The van der Waals surface area contributed by atoms with Gasteiger partial charge in [-0.25, -0.2) is 0 Å².